The van der Waals surface area contributed by atoms with E-state index in [1.54, 1.807) is 0 Å². The van der Waals surface area contributed by atoms with Crippen LogP contribution >= 0.6 is 11.3 Å². The molecule has 4 heteroatoms. The van der Waals surface area contributed by atoms with Gasteiger partial charge in [0.05, 0.1) is 6.04 Å². The number of thiophene rings is 1. The van der Waals surface area contributed by atoms with Crippen LogP contribution in [0.3, 0.4) is 0 Å². The average molecular weight is 263 g/mol. The summed E-state index contributed by atoms with van der Waals surface area (Å²) in [4.78, 5) is 5.81. The lowest BCUT2D eigenvalue weighted by Crippen LogP contribution is -2.14. The standard InChI is InChI=1S/C14H21N3S/c1-4-6-12(13-7-5-10-18-13)16-14-15-8-9-17(14)11(2)3/h5,7-12H,4,6H2,1-3H3,(H,15,16). The Hall–Kier alpha value is -1.29. The molecule has 0 aliphatic rings. The topological polar surface area (TPSA) is 29.9 Å². The molecule has 0 fully saturated rings. The average Bonchev–Trinajstić information content (AvgIpc) is 2.99. The van der Waals surface area contributed by atoms with Crippen LogP contribution in [-0.4, -0.2) is 9.55 Å². The van der Waals surface area contributed by atoms with Crippen molar-refractivity contribution in [3.8, 4) is 0 Å². The monoisotopic (exact) mass is 263 g/mol. The quantitative estimate of drug-likeness (QED) is 0.832. The molecule has 98 valence electrons. The molecule has 3 nitrogen and oxygen atoms in total. The van der Waals surface area contributed by atoms with E-state index in [-0.39, 0.29) is 0 Å². The molecule has 1 atom stereocenters. The van der Waals surface area contributed by atoms with Gasteiger partial charge in [-0.1, -0.05) is 19.4 Å². The van der Waals surface area contributed by atoms with E-state index in [1.165, 1.54) is 4.88 Å². The maximum absolute atomic E-state index is 4.43. The molecule has 2 aromatic heterocycles. The van der Waals surface area contributed by atoms with Gasteiger partial charge in [-0.2, -0.15) is 0 Å². The van der Waals surface area contributed by atoms with E-state index < -0.39 is 0 Å². The minimum absolute atomic E-state index is 0.370. The third-order valence-corrected chi connectivity index (χ3v) is 3.98. The molecule has 1 unspecified atom stereocenters. The van der Waals surface area contributed by atoms with Crippen molar-refractivity contribution in [3.63, 3.8) is 0 Å². The molecule has 2 heterocycles. The molecular formula is C14H21N3S. The van der Waals surface area contributed by atoms with Gasteiger partial charge in [-0.15, -0.1) is 11.3 Å². The zero-order valence-corrected chi connectivity index (χ0v) is 12.1. The van der Waals surface area contributed by atoms with E-state index in [9.17, 15) is 0 Å². The van der Waals surface area contributed by atoms with Gasteiger partial charge in [0.25, 0.3) is 0 Å². The van der Waals surface area contributed by atoms with Crippen molar-refractivity contribution in [2.24, 2.45) is 0 Å². The van der Waals surface area contributed by atoms with Crippen LogP contribution in [0.4, 0.5) is 5.95 Å². The summed E-state index contributed by atoms with van der Waals surface area (Å²) < 4.78 is 2.18. The summed E-state index contributed by atoms with van der Waals surface area (Å²) >= 11 is 1.81. The Kier molecular flexibility index (Phi) is 4.42. The fraction of sp³-hybridized carbons (Fsp3) is 0.500. The number of aromatic nitrogens is 2. The number of nitrogens with one attached hydrogen (secondary N) is 1. The maximum Gasteiger partial charge on any atom is 0.203 e. The Labute approximate surface area is 113 Å². The third-order valence-electron chi connectivity index (χ3n) is 2.99. The maximum atomic E-state index is 4.43. The van der Waals surface area contributed by atoms with E-state index >= 15 is 0 Å². The lowest BCUT2D eigenvalue weighted by Gasteiger charge is -2.19. The molecule has 0 saturated carbocycles. The van der Waals surface area contributed by atoms with Gasteiger partial charge >= 0.3 is 0 Å². The van der Waals surface area contributed by atoms with Crippen LogP contribution in [0.1, 0.15) is 50.6 Å². The largest absolute Gasteiger partial charge is 0.348 e. The summed E-state index contributed by atoms with van der Waals surface area (Å²) in [7, 11) is 0. The van der Waals surface area contributed by atoms with Crippen LogP contribution in [0, 0.1) is 0 Å². The summed E-state index contributed by atoms with van der Waals surface area (Å²) in [5, 5.41) is 5.71. The molecule has 0 aromatic carbocycles. The Bertz CT molecular complexity index is 459. The molecule has 2 aromatic rings. The van der Waals surface area contributed by atoms with Crippen molar-refractivity contribution in [3.05, 3.63) is 34.8 Å². The predicted octanol–water partition coefficient (Wildman–Crippen LogP) is 4.48. The van der Waals surface area contributed by atoms with Crippen molar-refractivity contribution in [2.45, 2.75) is 45.7 Å². The number of anilines is 1. The van der Waals surface area contributed by atoms with E-state index in [0.29, 0.717) is 12.1 Å². The highest BCUT2D eigenvalue weighted by molar-refractivity contribution is 7.10. The molecule has 0 aliphatic heterocycles. The fourth-order valence-corrected chi connectivity index (χ4v) is 2.87. The van der Waals surface area contributed by atoms with Gasteiger partial charge in [-0.05, 0) is 31.7 Å². The van der Waals surface area contributed by atoms with E-state index in [1.807, 2.05) is 23.7 Å². The van der Waals surface area contributed by atoms with Crippen molar-refractivity contribution < 1.29 is 0 Å². The number of nitrogens with zero attached hydrogens (tertiary/aromatic N) is 2. The highest BCUT2D eigenvalue weighted by Crippen LogP contribution is 2.27. The molecule has 2 rings (SSSR count). The zero-order valence-electron chi connectivity index (χ0n) is 11.3. The van der Waals surface area contributed by atoms with Gasteiger partial charge in [-0.3, -0.25) is 0 Å². The summed E-state index contributed by atoms with van der Waals surface area (Å²) in [5.41, 5.74) is 0. The van der Waals surface area contributed by atoms with Crippen molar-refractivity contribution in [1.82, 2.24) is 9.55 Å². The first-order valence-corrected chi connectivity index (χ1v) is 7.43. The van der Waals surface area contributed by atoms with Crippen LogP contribution in [-0.2, 0) is 0 Å². The second kappa shape index (κ2) is 6.05. The van der Waals surface area contributed by atoms with Crippen LogP contribution in [0.5, 0.6) is 0 Å². The summed E-state index contributed by atoms with van der Waals surface area (Å²) in [6.07, 6.45) is 6.19. The molecule has 0 aliphatic carbocycles. The van der Waals surface area contributed by atoms with E-state index in [0.717, 1.165) is 18.8 Å². The van der Waals surface area contributed by atoms with Crippen LogP contribution in [0.25, 0.3) is 0 Å². The number of rotatable bonds is 6. The minimum Gasteiger partial charge on any atom is -0.348 e. The number of imidazole rings is 1. The third kappa shape index (κ3) is 2.93. The van der Waals surface area contributed by atoms with Crippen molar-refractivity contribution >= 4 is 17.3 Å². The molecule has 1 N–H and O–H groups in total. The van der Waals surface area contributed by atoms with E-state index in [2.05, 4.69) is 53.2 Å². The van der Waals surface area contributed by atoms with Gasteiger partial charge < -0.3 is 9.88 Å². The molecule has 0 saturated heterocycles. The highest BCUT2D eigenvalue weighted by Gasteiger charge is 2.14. The first-order chi connectivity index (χ1) is 8.72. The molecule has 0 radical (unpaired) electrons. The van der Waals surface area contributed by atoms with Gasteiger partial charge in [-0.25, -0.2) is 4.98 Å². The Morgan fingerprint density at radius 3 is 2.89 bits per heavy atom. The molecule has 0 spiro atoms. The summed E-state index contributed by atoms with van der Waals surface area (Å²) in [6, 6.07) is 5.11. The Morgan fingerprint density at radius 1 is 1.44 bits per heavy atom. The zero-order chi connectivity index (χ0) is 13.0. The minimum atomic E-state index is 0.370. The summed E-state index contributed by atoms with van der Waals surface area (Å²) in [5.74, 6) is 0.969. The predicted molar refractivity (Wildman–Crippen MR) is 78.2 cm³/mol. The second-order valence-electron chi connectivity index (χ2n) is 4.75. The van der Waals surface area contributed by atoms with Gasteiger partial charge in [0, 0.05) is 23.3 Å². The first kappa shape index (κ1) is 13.1. The van der Waals surface area contributed by atoms with Crippen LogP contribution < -0.4 is 5.32 Å². The SMILES string of the molecule is CCCC(Nc1nccn1C(C)C)c1cccs1. The molecule has 0 amide bonds. The normalized spacial score (nSPS) is 12.9. The molecule has 18 heavy (non-hydrogen) atoms. The van der Waals surface area contributed by atoms with E-state index in [4.69, 9.17) is 0 Å². The summed E-state index contributed by atoms with van der Waals surface area (Å²) in [6.45, 7) is 6.57. The lowest BCUT2D eigenvalue weighted by atomic mass is 10.1. The van der Waals surface area contributed by atoms with Crippen molar-refractivity contribution in [2.75, 3.05) is 5.32 Å². The second-order valence-corrected chi connectivity index (χ2v) is 5.73. The lowest BCUT2D eigenvalue weighted by molar-refractivity contribution is 0.591. The van der Waals surface area contributed by atoms with Crippen LogP contribution in [0.2, 0.25) is 0 Å². The first-order valence-electron chi connectivity index (χ1n) is 6.55. The highest BCUT2D eigenvalue weighted by atomic mass is 32.1. The van der Waals surface area contributed by atoms with Crippen LogP contribution in [0.15, 0.2) is 29.9 Å². The van der Waals surface area contributed by atoms with Gasteiger partial charge in [0.1, 0.15) is 0 Å². The number of hydrogen-bond donors (Lipinski definition) is 1. The van der Waals surface area contributed by atoms with Gasteiger partial charge in [0.2, 0.25) is 5.95 Å². The Morgan fingerprint density at radius 2 is 2.28 bits per heavy atom. The Balaban J connectivity index is 2.16. The van der Waals surface area contributed by atoms with Crippen molar-refractivity contribution in [1.29, 1.82) is 0 Å². The molecular weight excluding hydrogens is 242 g/mol. The van der Waals surface area contributed by atoms with Gasteiger partial charge in [0.15, 0.2) is 0 Å². The fourth-order valence-electron chi connectivity index (χ4n) is 2.06. The number of hydrogen-bond acceptors (Lipinski definition) is 3. The smallest absolute Gasteiger partial charge is 0.203 e. The molecule has 0 bridgehead atoms.